The number of nitrogens with zero attached hydrogens (tertiary/aromatic N) is 1. The third kappa shape index (κ3) is 3.43. The number of hydrogen-bond donors (Lipinski definition) is 1. The van der Waals surface area contributed by atoms with Crippen LogP contribution in [0.15, 0.2) is 48.7 Å². The van der Waals surface area contributed by atoms with Crippen LogP contribution in [-0.2, 0) is 9.53 Å². The summed E-state index contributed by atoms with van der Waals surface area (Å²) in [6.07, 6.45) is 1.93. The van der Waals surface area contributed by atoms with Crippen molar-refractivity contribution in [1.29, 1.82) is 0 Å². The molecule has 0 radical (unpaired) electrons. The van der Waals surface area contributed by atoms with Gasteiger partial charge >= 0.3 is 0 Å². The number of amides is 1. The van der Waals surface area contributed by atoms with Crippen LogP contribution in [0.3, 0.4) is 0 Å². The minimum absolute atomic E-state index is 0.0972. The number of carbonyl (C=O) groups excluding carboxylic acids is 1. The molecule has 2 heterocycles. The zero-order chi connectivity index (χ0) is 19.5. The summed E-state index contributed by atoms with van der Waals surface area (Å²) in [6, 6.07) is 13.6. The molecule has 2 aliphatic heterocycles. The van der Waals surface area contributed by atoms with E-state index in [0.29, 0.717) is 30.3 Å². The van der Waals surface area contributed by atoms with Crippen molar-refractivity contribution in [1.82, 2.24) is 10.2 Å². The van der Waals surface area contributed by atoms with Crippen molar-refractivity contribution in [3.8, 4) is 11.5 Å². The molecule has 0 spiro atoms. The molecule has 1 amide bonds. The van der Waals surface area contributed by atoms with Crippen LogP contribution in [0.2, 0.25) is 0 Å². The Balaban J connectivity index is 1.85. The van der Waals surface area contributed by atoms with Gasteiger partial charge in [-0.2, -0.15) is 0 Å². The Morgan fingerprint density at radius 2 is 1.75 bits per heavy atom. The molecule has 2 aliphatic rings. The molecule has 1 unspecified atom stereocenters. The third-order valence-electron chi connectivity index (χ3n) is 5.17. The first kappa shape index (κ1) is 18.4. The molecule has 1 saturated heterocycles. The molecule has 146 valence electrons. The van der Waals surface area contributed by atoms with E-state index >= 15 is 0 Å². The first-order valence-electron chi connectivity index (χ1n) is 9.37. The van der Waals surface area contributed by atoms with Crippen molar-refractivity contribution in [2.24, 2.45) is 0 Å². The summed E-state index contributed by atoms with van der Waals surface area (Å²) in [4.78, 5) is 15.2. The number of methoxy groups -OCH3 is 2. The summed E-state index contributed by atoms with van der Waals surface area (Å²) in [7, 11) is 3.22. The minimum Gasteiger partial charge on any atom is -0.493 e. The molecule has 1 N–H and O–H groups in total. The van der Waals surface area contributed by atoms with Gasteiger partial charge in [-0.15, -0.1) is 0 Å². The van der Waals surface area contributed by atoms with Crippen LogP contribution in [0.1, 0.15) is 22.7 Å². The van der Waals surface area contributed by atoms with E-state index in [2.05, 4.69) is 10.2 Å². The van der Waals surface area contributed by atoms with Gasteiger partial charge in [-0.3, -0.25) is 4.79 Å². The summed E-state index contributed by atoms with van der Waals surface area (Å²) < 4.78 is 16.4. The van der Waals surface area contributed by atoms with E-state index in [1.165, 1.54) is 0 Å². The second kappa shape index (κ2) is 7.94. The molecule has 2 aromatic rings. The first-order valence-corrected chi connectivity index (χ1v) is 9.37. The van der Waals surface area contributed by atoms with Crippen molar-refractivity contribution in [3.63, 3.8) is 0 Å². The van der Waals surface area contributed by atoms with E-state index in [9.17, 15) is 4.79 Å². The van der Waals surface area contributed by atoms with E-state index < -0.39 is 0 Å². The zero-order valence-corrected chi connectivity index (χ0v) is 16.1. The molecule has 1 atom stereocenters. The fraction of sp³-hybridized carbons (Fsp3) is 0.318. The highest BCUT2D eigenvalue weighted by molar-refractivity contribution is 6.21. The van der Waals surface area contributed by atoms with Crippen molar-refractivity contribution in [3.05, 3.63) is 65.4 Å². The molecule has 0 saturated carbocycles. The summed E-state index contributed by atoms with van der Waals surface area (Å²) >= 11 is 0. The molecule has 0 aliphatic carbocycles. The minimum atomic E-state index is -0.245. The second-order valence-corrected chi connectivity index (χ2v) is 6.80. The average Bonchev–Trinajstić information content (AvgIpc) is 2.76. The second-order valence-electron chi connectivity index (χ2n) is 6.80. The maximum atomic E-state index is 13.1. The molecule has 0 bridgehead atoms. The van der Waals surface area contributed by atoms with Gasteiger partial charge < -0.3 is 24.4 Å². The van der Waals surface area contributed by atoms with Gasteiger partial charge in [0, 0.05) is 19.3 Å². The highest BCUT2D eigenvalue weighted by atomic mass is 16.5. The van der Waals surface area contributed by atoms with Gasteiger partial charge in [-0.25, -0.2) is 0 Å². The van der Waals surface area contributed by atoms with Gasteiger partial charge in [-0.1, -0.05) is 30.3 Å². The molecule has 0 aromatic heterocycles. The summed E-state index contributed by atoms with van der Waals surface area (Å²) in [5.74, 6) is 1.15. The monoisotopic (exact) mass is 380 g/mol. The Labute approximate surface area is 164 Å². The highest BCUT2D eigenvalue weighted by Crippen LogP contribution is 2.41. The van der Waals surface area contributed by atoms with Crippen molar-refractivity contribution in [2.75, 3.05) is 40.5 Å². The molecular weight excluding hydrogens is 356 g/mol. The molecule has 6 heteroatoms. The number of fused-ring (bicyclic) bond motifs is 1. The fourth-order valence-electron chi connectivity index (χ4n) is 3.70. The predicted molar refractivity (Wildman–Crippen MR) is 106 cm³/mol. The maximum absolute atomic E-state index is 13.1. The SMILES string of the molecule is COc1cc2c(cc1OC)C(c1ccccc1)NC(=O)C2=CN1CCOCC1. The quantitative estimate of drug-likeness (QED) is 0.827. The Hall–Kier alpha value is -2.99. The smallest absolute Gasteiger partial charge is 0.254 e. The number of morpholine rings is 1. The molecule has 6 nitrogen and oxygen atoms in total. The maximum Gasteiger partial charge on any atom is 0.254 e. The lowest BCUT2D eigenvalue weighted by molar-refractivity contribution is -0.116. The number of ether oxygens (including phenoxy) is 3. The standard InChI is InChI=1S/C22H24N2O4/c1-26-19-12-16-17(13-20(19)27-2)21(15-6-4-3-5-7-15)23-22(25)18(16)14-24-8-10-28-11-9-24/h3-7,12-14,21H,8-11H2,1-2H3,(H,23,25). The van der Waals surface area contributed by atoms with E-state index in [1.54, 1.807) is 14.2 Å². The molecule has 28 heavy (non-hydrogen) atoms. The van der Waals surface area contributed by atoms with Crippen LogP contribution in [0, 0.1) is 0 Å². The fourth-order valence-corrected chi connectivity index (χ4v) is 3.70. The lowest BCUT2D eigenvalue weighted by atomic mass is 9.86. The Bertz CT molecular complexity index is 889. The van der Waals surface area contributed by atoms with Crippen LogP contribution in [0.4, 0.5) is 0 Å². The van der Waals surface area contributed by atoms with Crippen LogP contribution in [0.25, 0.3) is 5.57 Å². The van der Waals surface area contributed by atoms with E-state index in [-0.39, 0.29) is 11.9 Å². The highest BCUT2D eigenvalue weighted by Gasteiger charge is 2.32. The van der Waals surface area contributed by atoms with Crippen molar-refractivity contribution < 1.29 is 19.0 Å². The van der Waals surface area contributed by atoms with E-state index in [1.807, 2.05) is 48.7 Å². The summed E-state index contributed by atoms with van der Waals surface area (Å²) in [5, 5.41) is 3.16. The summed E-state index contributed by atoms with van der Waals surface area (Å²) in [5.41, 5.74) is 3.50. The molecule has 4 rings (SSSR count). The van der Waals surface area contributed by atoms with Gasteiger partial charge in [0.05, 0.1) is 39.0 Å². The van der Waals surface area contributed by atoms with Crippen molar-refractivity contribution >= 4 is 11.5 Å². The zero-order valence-electron chi connectivity index (χ0n) is 16.1. The topological polar surface area (TPSA) is 60.0 Å². The van der Waals surface area contributed by atoms with E-state index in [4.69, 9.17) is 14.2 Å². The molecule has 1 fully saturated rings. The largest absolute Gasteiger partial charge is 0.493 e. The van der Waals surface area contributed by atoms with Crippen LogP contribution in [-0.4, -0.2) is 51.3 Å². The Morgan fingerprint density at radius 1 is 1.07 bits per heavy atom. The van der Waals surface area contributed by atoms with Crippen LogP contribution in [0.5, 0.6) is 11.5 Å². The van der Waals surface area contributed by atoms with Gasteiger partial charge in [0.1, 0.15) is 0 Å². The normalized spacial score (nSPS) is 20.5. The van der Waals surface area contributed by atoms with Gasteiger partial charge in [0.25, 0.3) is 5.91 Å². The predicted octanol–water partition coefficient (Wildman–Crippen LogP) is 2.60. The number of carbonyl (C=O) groups is 1. The van der Waals surface area contributed by atoms with Crippen LogP contribution < -0.4 is 14.8 Å². The summed E-state index contributed by atoms with van der Waals surface area (Å²) in [6.45, 7) is 2.86. The van der Waals surface area contributed by atoms with Gasteiger partial charge in [0.2, 0.25) is 0 Å². The average molecular weight is 380 g/mol. The first-order chi connectivity index (χ1) is 13.7. The molecule has 2 aromatic carbocycles. The van der Waals surface area contributed by atoms with Gasteiger partial charge in [0.15, 0.2) is 11.5 Å². The van der Waals surface area contributed by atoms with Gasteiger partial charge in [-0.05, 0) is 28.8 Å². The third-order valence-corrected chi connectivity index (χ3v) is 5.17. The number of benzene rings is 2. The Morgan fingerprint density at radius 3 is 2.43 bits per heavy atom. The number of hydrogen-bond acceptors (Lipinski definition) is 5. The lowest BCUT2D eigenvalue weighted by Gasteiger charge is -2.32. The number of rotatable bonds is 4. The lowest BCUT2D eigenvalue weighted by Crippen LogP contribution is -2.37. The molecular formula is C22H24N2O4. The van der Waals surface area contributed by atoms with Crippen LogP contribution >= 0.6 is 0 Å². The van der Waals surface area contributed by atoms with E-state index in [0.717, 1.165) is 29.8 Å². The van der Waals surface area contributed by atoms with Crippen molar-refractivity contribution in [2.45, 2.75) is 6.04 Å². The Kier molecular flexibility index (Phi) is 5.21. The number of nitrogens with one attached hydrogen (secondary N) is 1.